The number of nitrogens with zero attached hydrogens (tertiary/aromatic N) is 3. The van der Waals surface area contributed by atoms with E-state index in [1.807, 2.05) is 12.1 Å². The molecule has 3 N–H and O–H groups in total. The second-order valence-electron chi connectivity index (χ2n) is 9.04. The molecule has 2 saturated heterocycles. The van der Waals surface area contributed by atoms with Gasteiger partial charge in [0.05, 0.1) is 5.56 Å². The molecule has 1 aromatic carbocycles. The van der Waals surface area contributed by atoms with Crippen LogP contribution in [0.25, 0.3) is 0 Å². The third-order valence-electron chi connectivity index (χ3n) is 6.42. The number of benzene rings is 1. The molecule has 0 atom stereocenters. The number of unbranched alkanes of at least 4 members (excludes halogenated alkanes) is 2. The molecule has 188 valence electrons. The van der Waals surface area contributed by atoms with Crippen molar-refractivity contribution in [2.75, 3.05) is 58.9 Å². The van der Waals surface area contributed by atoms with Gasteiger partial charge in [0, 0.05) is 52.1 Å². The highest BCUT2D eigenvalue weighted by Gasteiger charge is 2.33. The highest BCUT2D eigenvalue weighted by atomic mass is 16.7. The van der Waals surface area contributed by atoms with E-state index < -0.39 is 17.8 Å². The fourth-order valence-corrected chi connectivity index (χ4v) is 4.37. The summed E-state index contributed by atoms with van der Waals surface area (Å²) in [6.07, 6.45) is 5.72. The van der Waals surface area contributed by atoms with Gasteiger partial charge >= 0.3 is 5.97 Å². The first-order valence-electron chi connectivity index (χ1n) is 12.6. The van der Waals surface area contributed by atoms with Crippen LogP contribution in [0.4, 0.5) is 0 Å². The lowest BCUT2D eigenvalue weighted by atomic mass is 10.1. The SMILES string of the molecule is NCCN1CCCNCCN(CCCCCc2ccc(C(=O)ON3C(=O)CCC3=O)cc2)CC1. The molecule has 2 amide bonds. The van der Waals surface area contributed by atoms with Crippen molar-refractivity contribution in [3.8, 4) is 0 Å². The molecule has 9 heteroatoms. The first kappa shape index (κ1) is 26.3. The van der Waals surface area contributed by atoms with E-state index in [4.69, 9.17) is 10.6 Å². The zero-order chi connectivity index (χ0) is 24.2. The third kappa shape index (κ3) is 8.47. The van der Waals surface area contributed by atoms with Crippen molar-refractivity contribution in [2.45, 2.75) is 44.9 Å². The van der Waals surface area contributed by atoms with Gasteiger partial charge in [-0.3, -0.25) is 9.59 Å². The van der Waals surface area contributed by atoms with Crippen LogP contribution in [0.2, 0.25) is 0 Å². The molecular weight excluding hydrogens is 434 g/mol. The quantitative estimate of drug-likeness (QED) is 0.385. The van der Waals surface area contributed by atoms with E-state index in [-0.39, 0.29) is 12.8 Å². The van der Waals surface area contributed by atoms with Crippen LogP contribution in [0.15, 0.2) is 24.3 Å². The Hall–Kier alpha value is -2.33. The average Bonchev–Trinajstić information content (AvgIpc) is 3.16. The molecule has 34 heavy (non-hydrogen) atoms. The van der Waals surface area contributed by atoms with Crippen LogP contribution in [0, 0.1) is 0 Å². The van der Waals surface area contributed by atoms with Crippen molar-refractivity contribution in [1.82, 2.24) is 20.2 Å². The number of amides is 2. The Labute approximate surface area is 202 Å². The minimum Gasteiger partial charge on any atom is -0.329 e. The highest BCUT2D eigenvalue weighted by Crippen LogP contribution is 2.15. The maximum Gasteiger partial charge on any atom is 0.363 e. The molecule has 9 nitrogen and oxygen atoms in total. The third-order valence-corrected chi connectivity index (χ3v) is 6.42. The van der Waals surface area contributed by atoms with Crippen LogP contribution in [0.1, 0.15) is 54.4 Å². The van der Waals surface area contributed by atoms with Gasteiger partial charge in [0.1, 0.15) is 0 Å². The van der Waals surface area contributed by atoms with Crippen molar-refractivity contribution < 1.29 is 19.2 Å². The van der Waals surface area contributed by atoms with Crippen molar-refractivity contribution >= 4 is 17.8 Å². The molecule has 0 radical (unpaired) electrons. The molecule has 0 bridgehead atoms. The molecule has 0 saturated carbocycles. The first-order chi connectivity index (χ1) is 16.6. The normalized spacial score (nSPS) is 18.9. The van der Waals surface area contributed by atoms with E-state index in [9.17, 15) is 14.4 Å². The number of imide groups is 1. The lowest BCUT2D eigenvalue weighted by molar-refractivity contribution is -0.172. The van der Waals surface area contributed by atoms with Gasteiger partial charge in [-0.1, -0.05) is 18.6 Å². The molecule has 0 unspecified atom stereocenters. The molecule has 1 aromatic rings. The molecule has 2 aliphatic rings. The Morgan fingerprint density at radius 2 is 1.59 bits per heavy atom. The summed E-state index contributed by atoms with van der Waals surface area (Å²) in [5, 5.41) is 4.12. The van der Waals surface area contributed by atoms with E-state index >= 15 is 0 Å². The molecule has 2 heterocycles. The molecule has 2 fully saturated rings. The molecule has 0 aromatic heterocycles. The van der Waals surface area contributed by atoms with Gasteiger partial charge in [-0.15, -0.1) is 5.06 Å². The summed E-state index contributed by atoms with van der Waals surface area (Å²) in [5.41, 5.74) is 7.25. The van der Waals surface area contributed by atoms with E-state index in [0.29, 0.717) is 17.2 Å². The standard InChI is InChI=1S/C25H39N5O4/c26-12-17-28-16-4-13-27-14-18-29(20-19-28)15-3-1-2-5-21-6-8-22(9-7-21)25(33)34-30-23(31)10-11-24(30)32/h6-9,27H,1-5,10-20,26H2. The number of carbonyl (C=O) groups excluding carboxylic acids is 3. The maximum absolute atomic E-state index is 12.2. The zero-order valence-corrected chi connectivity index (χ0v) is 20.2. The average molecular weight is 474 g/mol. The Kier molecular flexibility index (Phi) is 10.9. The second kappa shape index (κ2) is 14.2. The number of nitrogens with two attached hydrogens (primary N) is 1. The van der Waals surface area contributed by atoms with Crippen LogP contribution >= 0.6 is 0 Å². The number of rotatable bonds is 10. The Morgan fingerprint density at radius 3 is 2.29 bits per heavy atom. The summed E-state index contributed by atoms with van der Waals surface area (Å²) in [6.45, 7) is 9.29. The van der Waals surface area contributed by atoms with Gasteiger partial charge in [0.2, 0.25) is 0 Å². The van der Waals surface area contributed by atoms with Crippen molar-refractivity contribution in [3.05, 3.63) is 35.4 Å². The number of hydroxylamine groups is 2. The summed E-state index contributed by atoms with van der Waals surface area (Å²) >= 11 is 0. The summed E-state index contributed by atoms with van der Waals surface area (Å²) < 4.78 is 0. The zero-order valence-electron chi connectivity index (χ0n) is 20.2. The van der Waals surface area contributed by atoms with Crippen LogP contribution in [-0.2, 0) is 20.8 Å². The summed E-state index contributed by atoms with van der Waals surface area (Å²) in [4.78, 5) is 45.4. The van der Waals surface area contributed by atoms with Gasteiger partial charge in [0.25, 0.3) is 11.8 Å². The number of aryl methyl sites for hydroxylation is 1. The summed E-state index contributed by atoms with van der Waals surface area (Å²) in [5.74, 6) is -1.63. The number of hydrogen-bond donors (Lipinski definition) is 2. The lowest BCUT2D eigenvalue weighted by Gasteiger charge is -2.29. The van der Waals surface area contributed by atoms with Crippen LogP contribution in [-0.4, -0.2) is 91.5 Å². The predicted octanol–water partition coefficient (Wildman–Crippen LogP) is 1.18. The fourth-order valence-electron chi connectivity index (χ4n) is 4.37. The molecular formula is C25H39N5O4. The topological polar surface area (TPSA) is 108 Å². The molecule has 0 spiro atoms. The van der Waals surface area contributed by atoms with E-state index in [0.717, 1.165) is 77.2 Å². The highest BCUT2D eigenvalue weighted by molar-refractivity contribution is 6.02. The van der Waals surface area contributed by atoms with Crippen LogP contribution in [0.3, 0.4) is 0 Å². The number of hydrogen-bond acceptors (Lipinski definition) is 8. The van der Waals surface area contributed by atoms with Gasteiger partial charge in [-0.25, -0.2) is 4.79 Å². The first-order valence-corrected chi connectivity index (χ1v) is 12.6. The summed E-state index contributed by atoms with van der Waals surface area (Å²) in [7, 11) is 0. The lowest BCUT2D eigenvalue weighted by Crippen LogP contribution is -2.43. The Bertz CT molecular complexity index is 785. The minimum atomic E-state index is -0.686. The van der Waals surface area contributed by atoms with Crippen LogP contribution in [0.5, 0.6) is 0 Å². The van der Waals surface area contributed by atoms with E-state index in [1.165, 1.54) is 12.8 Å². The second-order valence-corrected chi connectivity index (χ2v) is 9.04. The fraction of sp³-hybridized carbons (Fsp3) is 0.640. The molecule has 2 aliphatic heterocycles. The minimum absolute atomic E-state index is 0.0897. The Balaban J connectivity index is 1.35. The monoisotopic (exact) mass is 473 g/mol. The van der Waals surface area contributed by atoms with Gasteiger partial charge < -0.3 is 25.7 Å². The number of nitrogens with one attached hydrogen (secondary N) is 1. The maximum atomic E-state index is 12.2. The largest absolute Gasteiger partial charge is 0.363 e. The number of carbonyl (C=O) groups is 3. The Morgan fingerprint density at radius 1 is 0.882 bits per heavy atom. The van der Waals surface area contributed by atoms with Gasteiger partial charge in [-0.2, -0.15) is 0 Å². The van der Waals surface area contributed by atoms with Gasteiger partial charge in [0.15, 0.2) is 0 Å². The van der Waals surface area contributed by atoms with Crippen LogP contribution < -0.4 is 11.1 Å². The van der Waals surface area contributed by atoms with Crippen molar-refractivity contribution in [3.63, 3.8) is 0 Å². The van der Waals surface area contributed by atoms with E-state index in [2.05, 4.69) is 15.1 Å². The molecule has 0 aliphatic carbocycles. The van der Waals surface area contributed by atoms with E-state index in [1.54, 1.807) is 12.1 Å². The molecule has 3 rings (SSSR count). The summed E-state index contributed by atoms with van der Waals surface area (Å²) in [6, 6.07) is 7.20. The smallest absolute Gasteiger partial charge is 0.329 e. The predicted molar refractivity (Wildman–Crippen MR) is 130 cm³/mol. The van der Waals surface area contributed by atoms with Crippen molar-refractivity contribution in [1.29, 1.82) is 0 Å². The van der Waals surface area contributed by atoms with Gasteiger partial charge in [-0.05, 0) is 63.0 Å². The van der Waals surface area contributed by atoms with Crippen molar-refractivity contribution in [2.24, 2.45) is 5.73 Å².